The van der Waals surface area contributed by atoms with E-state index in [1.165, 1.54) is 0 Å². The molecule has 3 aromatic heterocycles. The summed E-state index contributed by atoms with van der Waals surface area (Å²) in [4.78, 5) is 33.6. The highest BCUT2D eigenvalue weighted by Gasteiger charge is 2.21. The highest BCUT2D eigenvalue weighted by Crippen LogP contribution is 2.30. The van der Waals surface area contributed by atoms with Crippen molar-refractivity contribution in [3.63, 3.8) is 0 Å². The van der Waals surface area contributed by atoms with E-state index in [-0.39, 0.29) is 11.4 Å². The van der Waals surface area contributed by atoms with Crippen molar-refractivity contribution in [2.24, 2.45) is 0 Å². The number of amides is 1. The highest BCUT2D eigenvalue weighted by atomic mass is 32.1. The van der Waals surface area contributed by atoms with Crippen molar-refractivity contribution in [2.45, 2.75) is 6.92 Å². The molecule has 0 aliphatic carbocycles. The van der Waals surface area contributed by atoms with Gasteiger partial charge in [0.15, 0.2) is 6.61 Å². The molecule has 4 aromatic rings. The molecular weight excluding hydrogens is 404 g/mol. The summed E-state index contributed by atoms with van der Waals surface area (Å²) < 4.78 is 10.5. The fourth-order valence-electron chi connectivity index (χ4n) is 2.81. The van der Waals surface area contributed by atoms with Crippen molar-refractivity contribution in [3.8, 4) is 16.8 Å². The fraction of sp³-hybridized carbons (Fsp3) is 0.0952. The molecule has 0 spiro atoms. The van der Waals surface area contributed by atoms with E-state index >= 15 is 0 Å². The molecule has 0 fully saturated rings. The van der Waals surface area contributed by atoms with Crippen LogP contribution in [0.1, 0.15) is 21.1 Å². The molecule has 148 valence electrons. The van der Waals surface area contributed by atoms with Gasteiger partial charge in [-0.05, 0) is 31.2 Å². The van der Waals surface area contributed by atoms with Crippen molar-refractivity contribution in [1.29, 1.82) is 5.26 Å². The van der Waals surface area contributed by atoms with Gasteiger partial charge in [-0.2, -0.15) is 5.26 Å². The number of anilines is 1. The first kappa shape index (κ1) is 19.3. The van der Waals surface area contributed by atoms with E-state index in [4.69, 9.17) is 9.15 Å². The van der Waals surface area contributed by atoms with Gasteiger partial charge in [-0.25, -0.2) is 9.78 Å². The minimum absolute atomic E-state index is 0.0193. The number of nitrogens with one attached hydrogen (secondary N) is 1. The standard InChI is InChI=1S/C21H14N4O4S/c1-12-19(30-20(24-12)14-7-4-5-9-23-14)21(27)28-11-17(26)25-18-13-6-2-3-8-15(13)29-16(18)10-22/h2-9H,11H2,1H3,(H,25,26). The van der Waals surface area contributed by atoms with Gasteiger partial charge in [0.05, 0.1) is 11.4 Å². The maximum Gasteiger partial charge on any atom is 0.350 e. The third-order valence-electron chi connectivity index (χ3n) is 4.16. The number of esters is 1. The van der Waals surface area contributed by atoms with Gasteiger partial charge >= 0.3 is 5.97 Å². The lowest BCUT2D eigenvalue weighted by atomic mass is 10.2. The number of nitrogens with zero attached hydrogens (tertiary/aromatic N) is 3. The molecule has 0 aliphatic rings. The lowest BCUT2D eigenvalue weighted by molar-refractivity contribution is -0.119. The number of benzene rings is 1. The van der Waals surface area contributed by atoms with Crippen LogP contribution in [0, 0.1) is 18.3 Å². The number of nitriles is 1. The quantitative estimate of drug-likeness (QED) is 0.488. The van der Waals surface area contributed by atoms with E-state index < -0.39 is 18.5 Å². The first-order valence-electron chi connectivity index (χ1n) is 8.84. The second-order valence-electron chi connectivity index (χ2n) is 6.19. The molecule has 8 nitrogen and oxygen atoms in total. The lowest BCUT2D eigenvalue weighted by Crippen LogP contribution is -2.21. The van der Waals surface area contributed by atoms with Crippen molar-refractivity contribution >= 4 is 39.9 Å². The molecule has 1 amide bonds. The van der Waals surface area contributed by atoms with Crippen molar-refractivity contribution in [1.82, 2.24) is 9.97 Å². The van der Waals surface area contributed by atoms with E-state index in [0.29, 0.717) is 32.2 Å². The number of hydrogen-bond acceptors (Lipinski definition) is 8. The van der Waals surface area contributed by atoms with Crippen molar-refractivity contribution in [3.05, 3.63) is 65.0 Å². The Balaban J connectivity index is 1.45. The molecule has 0 unspecified atom stereocenters. The zero-order chi connectivity index (χ0) is 21.1. The van der Waals surface area contributed by atoms with Crippen LogP contribution in [-0.2, 0) is 9.53 Å². The zero-order valence-corrected chi connectivity index (χ0v) is 16.5. The van der Waals surface area contributed by atoms with Gasteiger partial charge in [0.2, 0.25) is 5.76 Å². The minimum Gasteiger partial charge on any atom is -0.451 e. The molecule has 1 aromatic carbocycles. The van der Waals surface area contributed by atoms with Gasteiger partial charge in [-0.3, -0.25) is 9.78 Å². The topological polar surface area (TPSA) is 118 Å². The Morgan fingerprint density at radius 3 is 2.80 bits per heavy atom. The average Bonchev–Trinajstić information content (AvgIpc) is 3.33. The Bertz CT molecular complexity index is 1290. The first-order chi connectivity index (χ1) is 14.6. The molecule has 0 bridgehead atoms. The third-order valence-corrected chi connectivity index (χ3v) is 5.32. The maximum absolute atomic E-state index is 12.4. The molecule has 0 atom stereocenters. The predicted molar refractivity (Wildman–Crippen MR) is 110 cm³/mol. The second kappa shape index (κ2) is 8.14. The monoisotopic (exact) mass is 418 g/mol. The summed E-state index contributed by atoms with van der Waals surface area (Å²) in [5.74, 6) is -1.26. The number of pyridine rings is 1. The summed E-state index contributed by atoms with van der Waals surface area (Å²) in [5, 5.41) is 13.0. The number of hydrogen-bond donors (Lipinski definition) is 1. The predicted octanol–water partition coefficient (Wildman–Crippen LogP) is 3.93. The summed E-state index contributed by atoms with van der Waals surface area (Å²) in [6, 6.07) is 14.3. The van der Waals surface area contributed by atoms with E-state index in [1.807, 2.05) is 12.1 Å². The summed E-state index contributed by atoms with van der Waals surface area (Å²) in [7, 11) is 0. The minimum atomic E-state index is -0.653. The number of aryl methyl sites for hydroxylation is 1. The molecule has 3 heterocycles. The smallest absolute Gasteiger partial charge is 0.350 e. The number of thiazole rings is 1. The summed E-state index contributed by atoms with van der Waals surface area (Å²) in [5.41, 5.74) is 1.88. The van der Waals surface area contributed by atoms with Crippen LogP contribution in [0.3, 0.4) is 0 Å². The van der Waals surface area contributed by atoms with Gasteiger partial charge in [0.1, 0.15) is 27.2 Å². The molecule has 0 aliphatic heterocycles. The fourth-order valence-corrected chi connectivity index (χ4v) is 3.74. The Morgan fingerprint density at radius 1 is 1.23 bits per heavy atom. The number of carbonyl (C=O) groups is 2. The average molecular weight is 418 g/mol. The van der Waals surface area contributed by atoms with Crippen LogP contribution >= 0.6 is 11.3 Å². The van der Waals surface area contributed by atoms with Crippen LogP contribution in [0.15, 0.2) is 53.1 Å². The summed E-state index contributed by atoms with van der Waals surface area (Å²) in [6.45, 7) is 1.18. The number of rotatable bonds is 5. The molecule has 4 rings (SSSR count). The number of carbonyl (C=O) groups excluding carboxylic acids is 2. The summed E-state index contributed by atoms with van der Waals surface area (Å²) in [6.07, 6.45) is 1.64. The van der Waals surface area contributed by atoms with Gasteiger partial charge in [-0.15, -0.1) is 11.3 Å². The van der Waals surface area contributed by atoms with Gasteiger partial charge in [0, 0.05) is 11.6 Å². The molecule has 9 heteroatoms. The molecule has 0 saturated carbocycles. The zero-order valence-electron chi connectivity index (χ0n) is 15.7. The molecular formula is C21H14N4O4S. The molecule has 30 heavy (non-hydrogen) atoms. The lowest BCUT2D eigenvalue weighted by Gasteiger charge is -2.05. The Morgan fingerprint density at radius 2 is 2.03 bits per heavy atom. The van der Waals surface area contributed by atoms with Crippen LogP contribution in [0.5, 0.6) is 0 Å². The second-order valence-corrected chi connectivity index (χ2v) is 7.19. The van der Waals surface area contributed by atoms with Gasteiger partial charge in [-0.1, -0.05) is 18.2 Å². The van der Waals surface area contributed by atoms with Crippen molar-refractivity contribution < 1.29 is 18.7 Å². The normalized spacial score (nSPS) is 10.5. The number of furan rings is 1. The highest BCUT2D eigenvalue weighted by molar-refractivity contribution is 7.17. The molecule has 1 N–H and O–H groups in total. The van der Waals surface area contributed by atoms with E-state index in [2.05, 4.69) is 15.3 Å². The number of para-hydroxylation sites is 1. The Hall–Kier alpha value is -4.03. The third kappa shape index (κ3) is 3.76. The summed E-state index contributed by atoms with van der Waals surface area (Å²) >= 11 is 1.15. The Labute approximate surface area is 174 Å². The van der Waals surface area contributed by atoms with Crippen LogP contribution in [0.2, 0.25) is 0 Å². The van der Waals surface area contributed by atoms with Crippen LogP contribution in [0.4, 0.5) is 5.69 Å². The molecule has 0 saturated heterocycles. The number of ether oxygens (including phenoxy) is 1. The van der Waals surface area contributed by atoms with Gasteiger partial charge < -0.3 is 14.5 Å². The van der Waals surface area contributed by atoms with Crippen LogP contribution in [-0.4, -0.2) is 28.5 Å². The van der Waals surface area contributed by atoms with E-state index in [0.717, 1.165) is 11.3 Å². The number of fused-ring (bicyclic) bond motifs is 1. The molecule has 0 radical (unpaired) electrons. The Kier molecular flexibility index (Phi) is 5.24. The SMILES string of the molecule is Cc1nc(-c2ccccn2)sc1C(=O)OCC(=O)Nc1c(C#N)oc2ccccc12. The van der Waals surface area contributed by atoms with E-state index in [9.17, 15) is 14.9 Å². The van der Waals surface area contributed by atoms with Crippen LogP contribution < -0.4 is 5.32 Å². The van der Waals surface area contributed by atoms with E-state index in [1.54, 1.807) is 49.5 Å². The number of aromatic nitrogens is 2. The van der Waals surface area contributed by atoms with Crippen molar-refractivity contribution in [2.75, 3.05) is 11.9 Å². The largest absolute Gasteiger partial charge is 0.451 e. The first-order valence-corrected chi connectivity index (χ1v) is 9.66. The van der Waals surface area contributed by atoms with Crippen LogP contribution in [0.25, 0.3) is 21.7 Å². The van der Waals surface area contributed by atoms with Gasteiger partial charge in [0.25, 0.3) is 5.91 Å². The maximum atomic E-state index is 12.4.